The number of hydrogen-bond acceptors (Lipinski definition) is 3. The molecule has 1 heterocycles. The quantitative estimate of drug-likeness (QED) is 0.670. The van der Waals surface area contributed by atoms with E-state index in [4.69, 9.17) is 0 Å². The molecule has 1 aromatic carbocycles. The van der Waals surface area contributed by atoms with Crippen molar-refractivity contribution < 1.29 is 4.79 Å². The molecular weight excluding hydrogens is 280 g/mol. The van der Waals surface area contributed by atoms with Crippen molar-refractivity contribution >= 4 is 29.0 Å². The van der Waals surface area contributed by atoms with E-state index >= 15 is 0 Å². The minimum Gasteiger partial charge on any atom is -0.286 e. The molecular formula is C17H20N2OS. The third kappa shape index (κ3) is 4.46. The number of amides is 1. The van der Waals surface area contributed by atoms with Crippen molar-refractivity contribution in [3.63, 3.8) is 0 Å². The summed E-state index contributed by atoms with van der Waals surface area (Å²) in [6.45, 7) is 6.82. The van der Waals surface area contributed by atoms with Gasteiger partial charge in [0, 0.05) is 22.4 Å². The number of aryl methyl sites for hydroxylation is 2. The van der Waals surface area contributed by atoms with E-state index < -0.39 is 0 Å². The Hall–Kier alpha value is -2.07. The van der Waals surface area contributed by atoms with Crippen LogP contribution in [-0.2, 0) is 4.79 Å². The van der Waals surface area contributed by atoms with Gasteiger partial charge in [0.25, 0.3) is 5.91 Å². The zero-order chi connectivity index (χ0) is 15.2. The third-order valence-corrected chi connectivity index (χ3v) is 4.03. The summed E-state index contributed by atoms with van der Waals surface area (Å²) in [5.74, 6) is -0.122. The van der Waals surface area contributed by atoms with Crippen LogP contribution in [0.2, 0.25) is 0 Å². The fourth-order valence-corrected chi connectivity index (χ4v) is 2.70. The Labute approximate surface area is 129 Å². The fraction of sp³-hybridized carbons (Fsp3) is 0.235. The van der Waals surface area contributed by atoms with Crippen LogP contribution in [0.3, 0.4) is 0 Å². The Balaban J connectivity index is 1.99. The number of anilines is 1. The van der Waals surface area contributed by atoms with E-state index in [0.29, 0.717) is 6.54 Å². The smallest absolute Gasteiger partial charge is 0.262 e. The van der Waals surface area contributed by atoms with E-state index in [0.717, 1.165) is 10.6 Å². The van der Waals surface area contributed by atoms with Gasteiger partial charge >= 0.3 is 0 Å². The molecule has 0 aliphatic heterocycles. The number of hydrogen-bond donors (Lipinski definition) is 1. The van der Waals surface area contributed by atoms with Gasteiger partial charge in [0.15, 0.2) is 0 Å². The van der Waals surface area contributed by atoms with Gasteiger partial charge < -0.3 is 0 Å². The molecule has 0 radical (unpaired) electrons. The van der Waals surface area contributed by atoms with E-state index in [9.17, 15) is 4.79 Å². The topological polar surface area (TPSA) is 32.3 Å². The largest absolute Gasteiger partial charge is 0.286 e. The highest BCUT2D eigenvalue weighted by molar-refractivity contribution is 7.12. The van der Waals surface area contributed by atoms with Crippen molar-refractivity contribution in [2.45, 2.75) is 20.8 Å². The molecule has 0 atom stereocenters. The summed E-state index contributed by atoms with van der Waals surface area (Å²) in [6, 6.07) is 12.1. The molecule has 0 bridgehead atoms. The molecule has 1 aromatic heterocycles. The van der Waals surface area contributed by atoms with Gasteiger partial charge in [0.1, 0.15) is 0 Å². The maximum atomic E-state index is 12.0. The van der Waals surface area contributed by atoms with Gasteiger partial charge in [-0.3, -0.25) is 15.2 Å². The molecule has 21 heavy (non-hydrogen) atoms. The molecule has 2 rings (SSSR count). The van der Waals surface area contributed by atoms with Gasteiger partial charge in [0.2, 0.25) is 0 Å². The van der Waals surface area contributed by atoms with E-state index in [-0.39, 0.29) is 5.91 Å². The molecule has 3 nitrogen and oxygen atoms in total. The van der Waals surface area contributed by atoms with E-state index in [1.807, 2.05) is 61.3 Å². The Morgan fingerprint density at radius 3 is 2.48 bits per heavy atom. The standard InChI is InChI=1S/C17H20N2OS/c1-4-19(15-8-5-13(2)6-9-15)18-17(20)12-11-16-10-7-14(3)21-16/h5-12H,4H2,1-3H3,(H,18,20)/b12-11+. The molecule has 4 heteroatoms. The van der Waals surface area contributed by atoms with Gasteiger partial charge in [-0.15, -0.1) is 11.3 Å². The number of thiophene rings is 1. The van der Waals surface area contributed by atoms with Crippen LogP contribution >= 0.6 is 11.3 Å². The maximum Gasteiger partial charge on any atom is 0.262 e. The molecule has 1 amide bonds. The maximum absolute atomic E-state index is 12.0. The zero-order valence-electron chi connectivity index (χ0n) is 12.6. The highest BCUT2D eigenvalue weighted by atomic mass is 32.1. The van der Waals surface area contributed by atoms with E-state index in [1.165, 1.54) is 10.4 Å². The Morgan fingerprint density at radius 1 is 1.19 bits per heavy atom. The Morgan fingerprint density at radius 2 is 1.90 bits per heavy atom. The lowest BCUT2D eigenvalue weighted by Gasteiger charge is -2.23. The summed E-state index contributed by atoms with van der Waals surface area (Å²) in [7, 11) is 0. The minimum atomic E-state index is -0.122. The number of carbonyl (C=O) groups excluding carboxylic acids is 1. The highest BCUT2D eigenvalue weighted by Gasteiger charge is 2.06. The molecule has 110 valence electrons. The SMILES string of the molecule is CCN(NC(=O)/C=C/c1ccc(C)s1)c1ccc(C)cc1. The van der Waals surface area contributed by atoms with Crippen LogP contribution in [-0.4, -0.2) is 12.5 Å². The second-order valence-electron chi connectivity index (χ2n) is 4.84. The molecule has 0 saturated heterocycles. The van der Waals surface area contributed by atoms with Crippen LogP contribution < -0.4 is 10.4 Å². The van der Waals surface area contributed by atoms with Crippen LogP contribution in [0.25, 0.3) is 6.08 Å². The van der Waals surface area contributed by atoms with Crippen molar-refractivity contribution in [3.8, 4) is 0 Å². The summed E-state index contributed by atoms with van der Waals surface area (Å²) < 4.78 is 0. The van der Waals surface area contributed by atoms with Crippen molar-refractivity contribution in [2.24, 2.45) is 0 Å². The predicted octanol–water partition coefficient (Wildman–Crippen LogP) is 3.94. The summed E-state index contributed by atoms with van der Waals surface area (Å²) in [5.41, 5.74) is 5.08. The van der Waals surface area contributed by atoms with E-state index in [2.05, 4.69) is 12.3 Å². The Kier molecular flexibility index (Phi) is 5.17. The van der Waals surface area contributed by atoms with Crippen LogP contribution in [0.5, 0.6) is 0 Å². The predicted molar refractivity (Wildman–Crippen MR) is 90.4 cm³/mol. The van der Waals surface area contributed by atoms with Crippen molar-refractivity contribution in [1.29, 1.82) is 0 Å². The van der Waals surface area contributed by atoms with Gasteiger partial charge in [0.05, 0.1) is 5.69 Å². The average molecular weight is 300 g/mol. The Bertz CT molecular complexity index is 628. The first-order chi connectivity index (χ1) is 10.1. The van der Waals surface area contributed by atoms with Crippen LogP contribution in [0.1, 0.15) is 22.2 Å². The lowest BCUT2D eigenvalue weighted by Crippen LogP contribution is -2.41. The normalized spacial score (nSPS) is 10.8. The number of hydrazine groups is 1. The first-order valence-corrected chi connectivity index (χ1v) is 7.79. The van der Waals surface area contributed by atoms with Crippen LogP contribution in [0.15, 0.2) is 42.5 Å². The molecule has 0 saturated carbocycles. The van der Waals surface area contributed by atoms with Crippen molar-refractivity contribution in [3.05, 3.63) is 57.8 Å². The van der Waals surface area contributed by atoms with Crippen LogP contribution in [0.4, 0.5) is 5.69 Å². The third-order valence-electron chi connectivity index (χ3n) is 3.07. The summed E-state index contributed by atoms with van der Waals surface area (Å²) in [6.07, 6.45) is 3.41. The monoisotopic (exact) mass is 300 g/mol. The summed E-state index contributed by atoms with van der Waals surface area (Å²) in [5, 5.41) is 1.84. The van der Waals surface area contributed by atoms with E-state index in [1.54, 1.807) is 17.4 Å². The average Bonchev–Trinajstić information content (AvgIpc) is 2.89. The molecule has 0 spiro atoms. The fourth-order valence-electron chi connectivity index (χ4n) is 1.92. The second kappa shape index (κ2) is 7.09. The van der Waals surface area contributed by atoms with Crippen molar-refractivity contribution in [1.82, 2.24) is 5.43 Å². The molecule has 0 aliphatic carbocycles. The van der Waals surface area contributed by atoms with Gasteiger partial charge in [-0.2, -0.15) is 0 Å². The first kappa shape index (κ1) is 15.3. The number of carbonyl (C=O) groups is 1. The number of benzene rings is 1. The van der Waals surface area contributed by atoms with Crippen molar-refractivity contribution in [2.75, 3.05) is 11.6 Å². The minimum absolute atomic E-state index is 0.122. The molecule has 0 unspecified atom stereocenters. The highest BCUT2D eigenvalue weighted by Crippen LogP contribution is 2.16. The summed E-state index contributed by atoms with van der Waals surface area (Å²) >= 11 is 1.67. The zero-order valence-corrected chi connectivity index (χ0v) is 13.4. The lowest BCUT2D eigenvalue weighted by atomic mass is 10.2. The second-order valence-corrected chi connectivity index (χ2v) is 6.16. The summed E-state index contributed by atoms with van der Waals surface area (Å²) in [4.78, 5) is 14.3. The number of rotatable bonds is 5. The van der Waals surface area contributed by atoms with Crippen LogP contribution in [0, 0.1) is 13.8 Å². The van der Waals surface area contributed by atoms with Gasteiger partial charge in [-0.1, -0.05) is 17.7 Å². The van der Waals surface area contributed by atoms with Gasteiger partial charge in [-0.05, 0) is 51.1 Å². The molecule has 0 fully saturated rings. The number of nitrogens with zero attached hydrogens (tertiary/aromatic N) is 1. The molecule has 0 aliphatic rings. The number of nitrogens with one attached hydrogen (secondary N) is 1. The first-order valence-electron chi connectivity index (χ1n) is 6.98. The molecule has 1 N–H and O–H groups in total. The lowest BCUT2D eigenvalue weighted by molar-refractivity contribution is -0.116. The molecule has 2 aromatic rings. The van der Waals surface area contributed by atoms with Gasteiger partial charge in [-0.25, -0.2) is 0 Å².